The largest absolute Gasteiger partial charge is 0.461 e. The maximum absolute atomic E-state index is 11.5. The molecule has 0 aliphatic carbocycles. The first-order valence-corrected chi connectivity index (χ1v) is 11.7. The van der Waals surface area contributed by atoms with Crippen LogP contribution in [0.25, 0.3) is 0 Å². The van der Waals surface area contributed by atoms with Crippen LogP contribution >= 0.6 is 22.7 Å². The van der Waals surface area contributed by atoms with E-state index in [1.54, 1.807) is 53.8 Å². The maximum Gasteiger partial charge on any atom is 0.413 e. The molecule has 3 N–H and O–H groups in total. The summed E-state index contributed by atoms with van der Waals surface area (Å²) in [5.74, 6) is -0.508. The third-order valence-corrected chi connectivity index (χ3v) is 4.48. The van der Waals surface area contributed by atoms with Gasteiger partial charge < -0.3 is 19.3 Å². The van der Waals surface area contributed by atoms with Crippen molar-refractivity contribution in [2.45, 2.75) is 66.3 Å². The molecule has 0 bridgehead atoms. The molecule has 0 saturated carbocycles. The molecular weight excluding hydrogens is 472 g/mol. The highest BCUT2D eigenvalue weighted by atomic mass is 32.1. The van der Waals surface area contributed by atoms with Crippen molar-refractivity contribution >= 4 is 51.1 Å². The van der Waals surface area contributed by atoms with Gasteiger partial charge >= 0.3 is 18.2 Å². The van der Waals surface area contributed by atoms with Gasteiger partial charge in [-0.05, 0) is 48.5 Å². The third kappa shape index (κ3) is 12.2. The molecule has 0 aliphatic heterocycles. The van der Waals surface area contributed by atoms with Gasteiger partial charge in [0, 0.05) is 10.8 Å². The van der Waals surface area contributed by atoms with Crippen molar-refractivity contribution < 1.29 is 33.7 Å². The van der Waals surface area contributed by atoms with Crippen molar-refractivity contribution in [3.63, 3.8) is 0 Å². The van der Waals surface area contributed by atoms with Gasteiger partial charge in [0.15, 0.2) is 16.0 Å². The van der Waals surface area contributed by atoms with E-state index < -0.39 is 29.4 Å². The second-order valence-corrected chi connectivity index (χ2v) is 10.0. The average molecular weight is 503 g/mol. The smallest absolute Gasteiger partial charge is 0.413 e. The first-order valence-electron chi connectivity index (χ1n) is 9.90. The third-order valence-electron chi connectivity index (χ3n) is 2.92. The SMILES string of the molecule is CC(C)(C)OC(=O)Nc1nc(CO)cs1.CCOC(=O)c1csc(NC(=O)OC(C)(C)C)n1. The Morgan fingerprint density at radius 3 is 1.82 bits per heavy atom. The summed E-state index contributed by atoms with van der Waals surface area (Å²) in [4.78, 5) is 42.0. The van der Waals surface area contributed by atoms with E-state index in [-0.39, 0.29) is 18.9 Å². The highest BCUT2D eigenvalue weighted by molar-refractivity contribution is 7.14. The molecule has 0 radical (unpaired) electrons. The van der Waals surface area contributed by atoms with E-state index in [1.165, 1.54) is 16.7 Å². The number of aliphatic hydroxyl groups is 1. The van der Waals surface area contributed by atoms with Gasteiger partial charge in [-0.1, -0.05) is 0 Å². The lowest BCUT2D eigenvalue weighted by Crippen LogP contribution is -2.27. The number of nitrogens with zero attached hydrogens (tertiary/aromatic N) is 2. The van der Waals surface area contributed by atoms with Gasteiger partial charge in [0.2, 0.25) is 0 Å². The van der Waals surface area contributed by atoms with E-state index in [1.807, 2.05) is 0 Å². The zero-order valence-electron chi connectivity index (χ0n) is 19.7. The second-order valence-electron chi connectivity index (χ2n) is 8.31. The quantitative estimate of drug-likeness (QED) is 0.392. The zero-order valence-corrected chi connectivity index (χ0v) is 21.3. The molecule has 11 nitrogen and oxygen atoms in total. The molecule has 0 atom stereocenters. The predicted octanol–water partition coefficient (Wildman–Crippen LogP) is 4.65. The van der Waals surface area contributed by atoms with Crippen LogP contribution < -0.4 is 10.6 Å². The predicted molar refractivity (Wildman–Crippen MR) is 126 cm³/mol. The monoisotopic (exact) mass is 502 g/mol. The second kappa shape index (κ2) is 12.5. The van der Waals surface area contributed by atoms with Crippen LogP contribution in [0.2, 0.25) is 0 Å². The first kappa shape index (κ1) is 28.3. The molecule has 2 aromatic heterocycles. The molecule has 2 rings (SSSR count). The van der Waals surface area contributed by atoms with Crippen molar-refractivity contribution in [1.82, 2.24) is 9.97 Å². The molecule has 184 valence electrons. The van der Waals surface area contributed by atoms with Gasteiger partial charge in [-0.15, -0.1) is 22.7 Å². The van der Waals surface area contributed by atoms with Gasteiger partial charge in [0.25, 0.3) is 0 Å². The van der Waals surface area contributed by atoms with Gasteiger partial charge in [0.05, 0.1) is 18.9 Å². The minimum absolute atomic E-state index is 0.132. The lowest BCUT2D eigenvalue weighted by Gasteiger charge is -2.18. The van der Waals surface area contributed by atoms with Crippen molar-refractivity contribution in [1.29, 1.82) is 0 Å². The highest BCUT2D eigenvalue weighted by Gasteiger charge is 2.19. The highest BCUT2D eigenvalue weighted by Crippen LogP contribution is 2.18. The summed E-state index contributed by atoms with van der Waals surface area (Å²) in [6, 6.07) is 0. The number of rotatable bonds is 5. The summed E-state index contributed by atoms with van der Waals surface area (Å²) in [6.07, 6.45) is -1.14. The summed E-state index contributed by atoms with van der Waals surface area (Å²) in [6.45, 7) is 12.5. The summed E-state index contributed by atoms with van der Waals surface area (Å²) in [5.41, 5.74) is -0.397. The minimum atomic E-state index is -0.604. The number of hydrogen-bond donors (Lipinski definition) is 3. The molecule has 13 heteroatoms. The van der Waals surface area contributed by atoms with Gasteiger partial charge in [-0.25, -0.2) is 24.4 Å². The Morgan fingerprint density at radius 1 is 0.909 bits per heavy atom. The topological polar surface area (TPSA) is 149 Å². The van der Waals surface area contributed by atoms with Gasteiger partial charge in [-0.2, -0.15) is 0 Å². The summed E-state index contributed by atoms with van der Waals surface area (Å²) < 4.78 is 14.9. The lowest BCUT2D eigenvalue weighted by molar-refractivity contribution is 0.0518. The molecule has 0 saturated heterocycles. The Labute approximate surface area is 200 Å². The molecule has 2 aromatic rings. The van der Waals surface area contributed by atoms with Gasteiger partial charge in [0.1, 0.15) is 11.2 Å². The Kier molecular flexibility index (Phi) is 10.7. The van der Waals surface area contributed by atoms with E-state index in [9.17, 15) is 14.4 Å². The number of hydrogen-bond acceptors (Lipinski definition) is 11. The Hall–Kier alpha value is -2.77. The number of aliphatic hydroxyl groups excluding tert-OH is 1. The molecule has 33 heavy (non-hydrogen) atoms. The van der Waals surface area contributed by atoms with Crippen molar-refractivity contribution in [2.75, 3.05) is 17.2 Å². The minimum Gasteiger partial charge on any atom is -0.461 e. The number of anilines is 2. The number of ether oxygens (including phenoxy) is 3. The normalized spacial score (nSPS) is 11.0. The number of amides is 2. The van der Waals surface area contributed by atoms with E-state index in [0.29, 0.717) is 16.0 Å². The number of esters is 1. The van der Waals surface area contributed by atoms with Crippen LogP contribution in [-0.2, 0) is 20.8 Å². The van der Waals surface area contributed by atoms with E-state index in [2.05, 4.69) is 20.6 Å². The molecule has 0 fully saturated rings. The van der Waals surface area contributed by atoms with E-state index >= 15 is 0 Å². The Balaban J connectivity index is 0.000000335. The first-order chi connectivity index (χ1) is 15.2. The van der Waals surface area contributed by atoms with E-state index in [4.69, 9.17) is 19.3 Å². The van der Waals surface area contributed by atoms with Crippen LogP contribution in [0.3, 0.4) is 0 Å². The van der Waals surface area contributed by atoms with Crippen molar-refractivity contribution in [3.05, 3.63) is 22.1 Å². The Morgan fingerprint density at radius 2 is 1.39 bits per heavy atom. The number of aromatic nitrogens is 2. The van der Waals surface area contributed by atoms with Gasteiger partial charge in [-0.3, -0.25) is 10.6 Å². The molecule has 0 aliphatic rings. The molecule has 0 unspecified atom stereocenters. The van der Waals surface area contributed by atoms with Crippen molar-refractivity contribution in [2.24, 2.45) is 0 Å². The summed E-state index contributed by atoms with van der Waals surface area (Å²) in [7, 11) is 0. The maximum atomic E-state index is 11.5. The van der Waals surface area contributed by atoms with E-state index in [0.717, 1.165) is 11.3 Å². The molecular formula is C20H30N4O7S2. The standard InChI is InChI=1S/C11H16N2O4S.C9H14N2O3S/c1-5-16-8(14)7-6-18-9(12-7)13-10(15)17-11(2,3)4;1-9(2,3)14-8(13)11-7-10-6(4-12)5-15-7/h6H,5H2,1-4H3,(H,12,13,15);5,12H,4H2,1-3H3,(H,10,11,13). The number of thiazole rings is 2. The number of carbonyl (C=O) groups is 3. The fourth-order valence-corrected chi connectivity index (χ4v) is 3.20. The summed E-state index contributed by atoms with van der Waals surface area (Å²) >= 11 is 2.38. The molecule has 0 aromatic carbocycles. The Bertz CT molecular complexity index is 929. The van der Waals surface area contributed by atoms with Crippen LogP contribution in [0.5, 0.6) is 0 Å². The summed E-state index contributed by atoms with van der Waals surface area (Å²) in [5, 5.41) is 17.6. The molecule has 0 spiro atoms. The van der Waals surface area contributed by atoms with Crippen molar-refractivity contribution in [3.8, 4) is 0 Å². The lowest BCUT2D eigenvalue weighted by atomic mass is 10.2. The number of nitrogens with one attached hydrogen (secondary N) is 2. The van der Waals surface area contributed by atoms with Crippen LogP contribution in [0.4, 0.5) is 19.9 Å². The molecule has 2 heterocycles. The zero-order chi connectivity index (χ0) is 25.2. The van der Waals surface area contributed by atoms with Crippen LogP contribution in [0, 0.1) is 0 Å². The number of carbonyl (C=O) groups excluding carboxylic acids is 3. The van der Waals surface area contributed by atoms with Crippen LogP contribution in [0.1, 0.15) is 64.6 Å². The van der Waals surface area contributed by atoms with Crippen LogP contribution in [0.15, 0.2) is 10.8 Å². The fraction of sp³-hybridized carbons (Fsp3) is 0.550. The average Bonchev–Trinajstić information content (AvgIpc) is 3.28. The van der Waals surface area contributed by atoms with Crippen LogP contribution in [-0.4, -0.2) is 51.0 Å². The fourth-order valence-electron chi connectivity index (χ4n) is 1.85. The molecule has 2 amide bonds.